The number of hydrogen-bond donors (Lipinski definition) is 2. The van der Waals surface area contributed by atoms with Crippen molar-refractivity contribution in [2.24, 2.45) is 21.7 Å². The standard InChI is InChI=1S/C8H10N4.BrH/c9-8(10)12-11-6-7-4-2-1-3-5-7;/h1-6H,(H4,9,10,12);1H. The van der Waals surface area contributed by atoms with Gasteiger partial charge in [-0.05, 0) is 5.56 Å². The number of nitrogens with zero attached hydrogens (tertiary/aromatic N) is 2. The van der Waals surface area contributed by atoms with Gasteiger partial charge in [-0.15, -0.1) is 22.1 Å². The Morgan fingerprint density at radius 2 is 1.77 bits per heavy atom. The van der Waals surface area contributed by atoms with Gasteiger partial charge in [0.1, 0.15) is 0 Å². The summed E-state index contributed by atoms with van der Waals surface area (Å²) >= 11 is 0. The number of nitrogens with two attached hydrogens (primary N) is 2. The smallest absolute Gasteiger partial charge is 0.211 e. The van der Waals surface area contributed by atoms with Gasteiger partial charge in [0.2, 0.25) is 5.96 Å². The molecule has 4 N–H and O–H groups in total. The summed E-state index contributed by atoms with van der Waals surface area (Å²) in [5.41, 5.74) is 11.1. The maximum absolute atomic E-state index is 5.07. The second-order valence-corrected chi connectivity index (χ2v) is 2.18. The molecule has 70 valence electrons. The molecule has 5 heteroatoms. The van der Waals surface area contributed by atoms with Gasteiger partial charge in [0, 0.05) is 0 Å². The molecule has 4 nitrogen and oxygen atoms in total. The Labute approximate surface area is 87.1 Å². The van der Waals surface area contributed by atoms with E-state index in [0.29, 0.717) is 0 Å². The van der Waals surface area contributed by atoms with Crippen molar-refractivity contribution in [1.82, 2.24) is 0 Å². The molecule has 0 heterocycles. The van der Waals surface area contributed by atoms with Crippen LogP contribution in [0.1, 0.15) is 5.56 Å². The molecule has 0 fully saturated rings. The topological polar surface area (TPSA) is 76.8 Å². The Hall–Kier alpha value is -1.36. The molecule has 0 aliphatic carbocycles. The number of guanidine groups is 1. The van der Waals surface area contributed by atoms with Gasteiger partial charge >= 0.3 is 0 Å². The van der Waals surface area contributed by atoms with E-state index in [1.807, 2.05) is 30.3 Å². The summed E-state index contributed by atoms with van der Waals surface area (Å²) in [6.07, 6.45) is 1.58. The molecule has 13 heavy (non-hydrogen) atoms. The number of benzene rings is 1. The normalized spacial score (nSPS) is 9.23. The molecule has 0 saturated carbocycles. The van der Waals surface area contributed by atoms with E-state index in [2.05, 4.69) is 10.2 Å². The van der Waals surface area contributed by atoms with E-state index in [1.54, 1.807) is 6.21 Å². The lowest BCUT2D eigenvalue weighted by Crippen LogP contribution is -2.21. The lowest BCUT2D eigenvalue weighted by Gasteiger charge is -1.87. The van der Waals surface area contributed by atoms with Gasteiger partial charge in [0.15, 0.2) is 0 Å². The highest BCUT2D eigenvalue weighted by Gasteiger charge is 1.81. The van der Waals surface area contributed by atoms with Crippen molar-refractivity contribution in [2.45, 2.75) is 0 Å². The van der Waals surface area contributed by atoms with Crippen LogP contribution >= 0.6 is 17.0 Å². The van der Waals surface area contributed by atoms with E-state index in [4.69, 9.17) is 11.5 Å². The largest absolute Gasteiger partial charge is 0.369 e. The van der Waals surface area contributed by atoms with E-state index in [0.717, 1.165) is 5.56 Å². The Morgan fingerprint density at radius 3 is 2.31 bits per heavy atom. The zero-order chi connectivity index (χ0) is 8.81. The van der Waals surface area contributed by atoms with Crippen molar-refractivity contribution in [1.29, 1.82) is 0 Å². The highest BCUT2D eigenvalue weighted by Crippen LogP contribution is 1.93. The predicted molar refractivity (Wildman–Crippen MR) is 60.2 cm³/mol. The monoisotopic (exact) mass is 242 g/mol. The number of hydrogen-bond acceptors (Lipinski definition) is 2. The maximum Gasteiger partial charge on any atom is 0.211 e. The first-order valence-electron chi connectivity index (χ1n) is 3.46. The van der Waals surface area contributed by atoms with Crippen molar-refractivity contribution in [3.8, 4) is 0 Å². The Balaban J connectivity index is 0.00000144. The second-order valence-electron chi connectivity index (χ2n) is 2.18. The van der Waals surface area contributed by atoms with Gasteiger partial charge in [-0.25, -0.2) is 0 Å². The summed E-state index contributed by atoms with van der Waals surface area (Å²) < 4.78 is 0. The molecule has 0 bridgehead atoms. The Kier molecular flexibility index (Phi) is 5.54. The number of halogens is 1. The minimum absolute atomic E-state index is 0. The second kappa shape index (κ2) is 6.19. The fourth-order valence-corrected chi connectivity index (χ4v) is 0.701. The van der Waals surface area contributed by atoms with Crippen molar-refractivity contribution >= 4 is 29.2 Å². The molecule has 0 radical (unpaired) electrons. The number of rotatable bonds is 2. The first-order chi connectivity index (χ1) is 5.79. The van der Waals surface area contributed by atoms with Gasteiger partial charge in [-0.1, -0.05) is 30.3 Å². The van der Waals surface area contributed by atoms with Crippen LogP contribution in [0, 0.1) is 0 Å². The summed E-state index contributed by atoms with van der Waals surface area (Å²) in [5.74, 6) is -0.0396. The summed E-state index contributed by atoms with van der Waals surface area (Å²) in [6.45, 7) is 0. The predicted octanol–water partition coefficient (Wildman–Crippen LogP) is 0.872. The molecule has 0 aliphatic rings. The van der Waals surface area contributed by atoms with E-state index in [-0.39, 0.29) is 22.9 Å². The average Bonchev–Trinajstić information content (AvgIpc) is 2.05. The summed E-state index contributed by atoms with van der Waals surface area (Å²) in [5, 5.41) is 7.12. The van der Waals surface area contributed by atoms with E-state index >= 15 is 0 Å². The molecule has 1 aromatic carbocycles. The van der Waals surface area contributed by atoms with Gasteiger partial charge in [-0.3, -0.25) is 0 Å². The molecule has 1 rings (SSSR count). The van der Waals surface area contributed by atoms with Crippen LogP contribution < -0.4 is 11.5 Å². The maximum atomic E-state index is 5.07. The van der Waals surface area contributed by atoms with E-state index in [9.17, 15) is 0 Å². The van der Waals surface area contributed by atoms with Crippen molar-refractivity contribution in [3.05, 3.63) is 35.9 Å². The van der Waals surface area contributed by atoms with Crippen LogP contribution in [-0.4, -0.2) is 12.2 Å². The third kappa shape index (κ3) is 4.97. The molecule has 0 saturated heterocycles. The molecule has 1 aromatic rings. The molecule has 0 atom stereocenters. The SMILES string of the molecule is Br.NC(N)=NN=Cc1ccccc1. The van der Waals surface area contributed by atoms with Gasteiger partial charge < -0.3 is 11.5 Å². The van der Waals surface area contributed by atoms with Crippen LogP contribution in [0.15, 0.2) is 40.5 Å². The summed E-state index contributed by atoms with van der Waals surface area (Å²) in [6, 6.07) is 9.57. The molecule has 0 spiro atoms. The highest BCUT2D eigenvalue weighted by molar-refractivity contribution is 8.93. The zero-order valence-corrected chi connectivity index (χ0v) is 8.63. The molecular formula is C8H11BrN4. The average molecular weight is 243 g/mol. The van der Waals surface area contributed by atoms with Crippen LogP contribution in [0.2, 0.25) is 0 Å². The molecule has 0 aliphatic heterocycles. The molecule has 0 unspecified atom stereocenters. The third-order valence-electron chi connectivity index (χ3n) is 1.18. The van der Waals surface area contributed by atoms with Crippen LogP contribution in [0.5, 0.6) is 0 Å². The van der Waals surface area contributed by atoms with E-state index < -0.39 is 0 Å². The molecule has 0 amide bonds. The van der Waals surface area contributed by atoms with E-state index in [1.165, 1.54) is 0 Å². The van der Waals surface area contributed by atoms with Gasteiger partial charge in [0.05, 0.1) is 6.21 Å². The summed E-state index contributed by atoms with van der Waals surface area (Å²) in [7, 11) is 0. The van der Waals surface area contributed by atoms with Crippen LogP contribution in [0.4, 0.5) is 0 Å². The van der Waals surface area contributed by atoms with Gasteiger partial charge in [-0.2, -0.15) is 5.10 Å². The molecular weight excluding hydrogens is 232 g/mol. The van der Waals surface area contributed by atoms with Gasteiger partial charge in [0.25, 0.3) is 0 Å². The van der Waals surface area contributed by atoms with Crippen LogP contribution in [0.25, 0.3) is 0 Å². The summed E-state index contributed by atoms with van der Waals surface area (Å²) in [4.78, 5) is 0. The minimum atomic E-state index is -0.0396. The minimum Gasteiger partial charge on any atom is -0.369 e. The van der Waals surface area contributed by atoms with Crippen molar-refractivity contribution in [2.75, 3.05) is 0 Å². The third-order valence-corrected chi connectivity index (χ3v) is 1.18. The molecule has 0 aromatic heterocycles. The first kappa shape index (κ1) is 11.6. The van der Waals surface area contributed by atoms with Crippen LogP contribution in [0.3, 0.4) is 0 Å². The fraction of sp³-hybridized carbons (Fsp3) is 0. The lowest BCUT2D eigenvalue weighted by molar-refractivity contribution is 1.21. The van der Waals surface area contributed by atoms with Crippen molar-refractivity contribution in [3.63, 3.8) is 0 Å². The lowest BCUT2D eigenvalue weighted by atomic mass is 10.2. The van der Waals surface area contributed by atoms with Crippen molar-refractivity contribution < 1.29 is 0 Å². The van der Waals surface area contributed by atoms with Crippen LogP contribution in [-0.2, 0) is 0 Å². The Morgan fingerprint density at radius 1 is 1.15 bits per heavy atom. The highest BCUT2D eigenvalue weighted by atomic mass is 79.9. The quantitative estimate of drug-likeness (QED) is 0.459. The first-order valence-corrected chi connectivity index (χ1v) is 3.46. The Bertz CT molecular complexity index is 290. The zero-order valence-electron chi connectivity index (χ0n) is 6.92. The fourth-order valence-electron chi connectivity index (χ4n) is 0.701.